The molecule has 22 heavy (non-hydrogen) atoms. The van der Waals surface area contributed by atoms with Crippen molar-refractivity contribution in [2.24, 2.45) is 13.0 Å². The Bertz CT molecular complexity index is 714. The molecule has 2 heterocycles. The standard InChI is InChI=1S/C14H15N5OS2/c1-9(16)11(7-15)12(20)8-22-14-18-17-13(19(14)2)6-10-4-3-5-21-10/h3-5,11,16H,6,8H2,1-2H3. The second kappa shape index (κ2) is 7.33. The molecule has 1 unspecified atom stereocenters. The van der Waals surface area contributed by atoms with Gasteiger partial charge in [0.05, 0.1) is 11.8 Å². The molecule has 1 atom stereocenters. The van der Waals surface area contributed by atoms with E-state index in [1.807, 2.05) is 35.2 Å². The summed E-state index contributed by atoms with van der Waals surface area (Å²) in [6, 6.07) is 5.89. The zero-order valence-corrected chi connectivity index (χ0v) is 13.9. The van der Waals surface area contributed by atoms with Crippen molar-refractivity contribution in [3.63, 3.8) is 0 Å². The first-order valence-corrected chi connectivity index (χ1v) is 8.40. The Morgan fingerprint density at radius 3 is 2.95 bits per heavy atom. The van der Waals surface area contributed by atoms with Crippen LogP contribution >= 0.6 is 23.1 Å². The van der Waals surface area contributed by atoms with Crippen molar-refractivity contribution in [1.82, 2.24) is 14.8 Å². The zero-order chi connectivity index (χ0) is 16.1. The van der Waals surface area contributed by atoms with E-state index in [-0.39, 0.29) is 17.2 Å². The van der Waals surface area contributed by atoms with Crippen LogP contribution in [-0.2, 0) is 18.3 Å². The number of carbonyl (C=O) groups excluding carboxylic acids is 1. The molecule has 2 aromatic heterocycles. The molecule has 0 fully saturated rings. The van der Waals surface area contributed by atoms with Crippen molar-refractivity contribution in [2.45, 2.75) is 18.5 Å². The van der Waals surface area contributed by atoms with Gasteiger partial charge in [-0.1, -0.05) is 17.8 Å². The number of nitriles is 1. The summed E-state index contributed by atoms with van der Waals surface area (Å²) in [6.45, 7) is 1.47. The number of ketones is 1. The SMILES string of the molecule is CC(=N)C(C#N)C(=O)CSc1nnc(Cc2cccs2)n1C. The summed E-state index contributed by atoms with van der Waals surface area (Å²) in [7, 11) is 1.86. The van der Waals surface area contributed by atoms with Crippen LogP contribution in [0.4, 0.5) is 0 Å². The molecule has 0 aliphatic carbocycles. The number of carbonyl (C=O) groups is 1. The van der Waals surface area contributed by atoms with Gasteiger partial charge in [0.1, 0.15) is 11.7 Å². The van der Waals surface area contributed by atoms with Crippen LogP contribution in [0.25, 0.3) is 0 Å². The molecule has 0 amide bonds. The Balaban J connectivity index is 2.00. The summed E-state index contributed by atoms with van der Waals surface area (Å²) in [5.74, 6) is -0.300. The Kier molecular flexibility index (Phi) is 5.46. The highest BCUT2D eigenvalue weighted by atomic mass is 32.2. The molecule has 0 aliphatic heterocycles. The van der Waals surface area contributed by atoms with E-state index < -0.39 is 5.92 Å². The van der Waals surface area contributed by atoms with Gasteiger partial charge in [-0.2, -0.15) is 5.26 Å². The predicted molar refractivity (Wildman–Crippen MR) is 86.4 cm³/mol. The molecule has 0 saturated heterocycles. The number of rotatable bonds is 7. The number of hydrogen-bond acceptors (Lipinski definition) is 7. The van der Waals surface area contributed by atoms with Gasteiger partial charge in [-0.05, 0) is 18.4 Å². The minimum absolute atomic E-state index is 0.0736. The summed E-state index contributed by atoms with van der Waals surface area (Å²) in [6.07, 6.45) is 0.704. The number of aromatic nitrogens is 3. The molecule has 2 aromatic rings. The van der Waals surface area contributed by atoms with Crippen molar-refractivity contribution in [2.75, 3.05) is 5.75 Å². The Morgan fingerprint density at radius 1 is 1.59 bits per heavy atom. The third kappa shape index (κ3) is 3.81. The van der Waals surface area contributed by atoms with E-state index in [0.717, 1.165) is 5.82 Å². The summed E-state index contributed by atoms with van der Waals surface area (Å²) in [5.41, 5.74) is 0.0736. The molecular weight excluding hydrogens is 318 g/mol. The van der Waals surface area contributed by atoms with Gasteiger partial charge in [-0.25, -0.2) is 0 Å². The second-order valence-electron chi connectivity index (χ2n) is 4.71. The highest BCUT2D eigenvalue weighted by Crippen LogP contribution is 2.20. The maximum atomic E-state index is 11.9. The third-order valence-electron chi connectivity index (χ3n) is 3.07. The fourth-order valence-corrected chi connectivity index (χ4v) is 3.36. The lowest BCUT2D eigenvalue weighted by molar-refractivity contribution is -0.117. The molecule has 0 aromatic carbocycles. The molecule has 0 saturated carbocycles. The van der Waals surface area contributed by atoms with Crippen molar-refractivity contribution >= 4 is 34.6 Å². The van der Waals surface area contributed by atoms with E-state index >= 15 is 0 Å². The van der Waals surface area contributed by atoms with E-state index in [4.69, 9.17) is 10.7 Å². The third-order valence-corrected chi connectivity index (χ3v) is 4.98. The minimum Gasteiger partial charge on any atom is -0.309 e. The first-order chi connectivity index (χ1) is 10.5. The van der Waals surface area contributed by atoms with Crippen LogP contribution in [0.2, 0.25) is 0 Å². The maximum absolute atomic E-state index is 11.9. The lowest BCUT2D eigenvalue weighted by Gasteiger charge is -2.06. The summed E-state index contributed by atoms with van der Waals surface area (Å²) in [4.78, 5) is 13.1. The average Bonchev–Trinajstić information content (AvgIpc) is 3.09. The molecular formula is C14H15N5OS2. The average molecular weight is 333 g/mol. The lowest BCUT2D eigenvalue weighted by atomic mass is 10.0. The van der Waals surface area contributed by atoms with Crippen LogP contribution in [0.15, 0.2) is 22.7 Å². The van der Waals surface area contributed by atoms with E-state index in [2.05, 4.69) is 10.2 Å². The van der Waals surface area contributed by atoms with Crippen LogP contribution in [0.3, 0.4) is 0 Å². The van der Waals surface area contributed by atoms with Gasteiger partial charge in [-0.15, -0.1) is 21.5 Å². The van der Waals surface area contributed by atoms with Crippen LogP contribution in [0, 0.1) is 22.7 Å². The molecule has 6 nitrogen and oxygen atoms in total. The molecule has 2 rings (SSSR count). The number of hydrogen-bond donors (Lipinski definition) is 1. The zero-order valence-electron chi connectivity index (χ0n) is 12.2. The highest BCUT2D eigenvalue weighted by molar-refractivity contribution is 7.99. The summed E-state index contributed by atoms with van der Waals surface area (Å²) < 4.78 is 1.86. The number of nitrogens with zero attached hydrogens (tertiary/aromatic N) is 4. The highest BCUT2D eigenvalue weighted by Gasteiger charge is 2.21. The number of thioether (sulfide) groups is 1. The first kappa shape index (κ1) is 16.4. The summed E-state index contributed by atoms with van der Waals surface area (Å²) >= 11 is 2.91. The molecule has 114 valence electrons. The van der Waals surface area contributed by atoms with E-state index in [0.29, 0.717) is 11.6 Å². The molecule has 0 radical (unpaired) electrons. The Morgan fingerprint density at radius 2 is 2.36 bits per heavy atom. The fraction of sp³-hybridized carbons (Fsp3) is 0.357. The van der Waals surface area contributed by atoms with E-state index in [9.17, 15) is 4.79 Å². The number of thiophene rings is 1. The van der Waals surface area contributed by atoms with Crippen molar-refractivity contribution in [1.29, 1.82) is 10.7 Å². The number of nitrogens with one attached hydrogen (secondary N) is 1. The molecule has 0 spiro atoms. The quantitative estimate of drug-likeness (QED) is 0.619. The normalized spacial score (nSPS) is 11.9. The van der Waals surface area contributed by atoms with Gasteiger partial charge in [0.15, 0.2) is 10.9 Å². The fourth-order valence-electron chi connectivity index (χ4n) is 1.82. The largest absolute Gasteiger partial charge is 0.309 e. The Hall–Kier alpha value is -1.98. The van der Waals surface area contributed by atoms with Gasteiger partial charge in [0, 0.05) is 24.1 Å². The minimum atomic E-state index is -0.966. The Labute approximate surface area is 136 Å². The van der Waals surface area contributed by atoms with Gasteiger partial charge in [0.2, 0.25) is 0 Å². The molecule has 0 aliphatic rings. The van der Waals surface area contributed by atoms with Crippen LogP contribution in [-0.4, -0.2) is 32.0 Å². The number of Topliss-reactive ketones (excluding diaryl/α,β-unsaturated/α-hetero) is 1. The molecule has 8 heteroatoms. The first-order valence-electron chi connectivity index (χ1n) is 6.53. The summed E-state index contributed by atoms with van der Waals surface area (Å²) in [5, 5.41) is 27.2. The maximum Gasteiger partial charge on any atom is 0.191 e. The monoisotopic (exact) mass is 333 g/mol. The molecule has 1 N–H and O–H groups in total. The topological polar surface area (TPSA) is 95.4 Å². The van der Waals surface area contributed by atoms with Crippen LogP contribution in [0.5, 0.6) is 0 Å². The van der Waals surface area contributed by atoms with Gasteiger partial charge in [0.25, 0.3) is 0 Å². The van der Waals surface area contributed by atoms with Crippen LogP contribution < -0.4 is 0 Å². The lowest BCUT2D eigenvalue weighted by Crippen LogP contribution is -2.21. The smallest absolute Gasteiger partial charge is 0.191 e. The predicted octanol–water partition coefficient (Wildman–Crippen LogP) is 2.31. The van der Waals surface area contributed by atoms with E-state index in [1.54, 1.807) is 11.3 Å². The van der Waals surface area contributed by atoms with Crippen molar-refractivity contribution in [3.8, 4) is 6.07 Å². The van der Waals surface area contributed by atoms with Gasteiger partial charge < -0.3 is 9.98 Å². The van der Waals surface area contributed by atoms with E-state index in [1.165, 1.54) is 23.6 Å². The van der Waals surface area contributed by atoms with Gasteiger partial charge >= 0.3 is 0 Å². The second-order valence-corrected chi connectivity index (χ2v) is 6.69. The van der Waals surface area contributed by atoms with Crippen molar-refractivity contribution in [3.05, 3.63) is 28.2 Å². The van der Waals surface area contributed by atoms with Crippen molar-refractivity contribution < 1.29 is 4.79 Å². The van der Waals surface area contributed by atoms with Gasteiger partial charge in [-0.3, -0.25) is 4.79 Å². The molecule has 0 bridgehead atoms. The van der Waals surface area contributed by atoms with Crippen LogP contribution in [0.1, 0.15) is 17.6 Å².